The quantitative estimate of drug-likeness (QED) is 0.550. The Bertz CT molecular complexity index is 205. The van der Waals surface area contributed by atoms with E-state index in [9.17, 15) is 0 Å². The molecule has 0 aromatic rings. The first-order valence-corrected chi connectivity index (χ1v) is 15.5. The fraction of sp³-hybridized carbons (Fsp3) is 1.00. The van der Waals surface area contributed by atoms with Crippen molar-refractivity contribution in [3.05, 3.63) is 0 Å². The topological polar surface area (TPSA) is 27.7 Å². The van der Waals surface area contributed by atoms with Crippen LogP contribution in [0.1, 0.15) is 6.92 Å². The number of hydrogen-bond donors (Lipinski definition) is 0. The lowest BCUT2D eigenvalue weighted by Gasteiger charge is -2.72. The molecule has 1 heterocycles. The highest BCUT2D eigenvalue weighted by Crippen LogP contribution is 3.02. The van der Waals surface area contributed by atoms with Gasteiger partial charge in [0.1, 0.15) is 0 Å². The predicted octanol–water partition coefficient (Wildman–Crippen LogP) is 4.36. The molecule has 1 aliphatic rings. The molecular formula is C5H14O3S6Si. The van der Waals surface area contributed by atoms with Crippen LogP contribution in [0.3, 0.4) is 0 Å². The van der Waals surface area contributed by atoms with Crippen molar-refractivity contribution in [3.63, 3.8) is 0 Å². The molecule has 15 heavy (non-hydrogen) atoms. The molecule has 0 aromatic carbocycles. The Morgan fingerprint density at radius 1 is 1.00 bits per heavy atom. The van der Waals surface area contributed by atoms with Gasteiger partial charge < -0.3 is 12.5 Å². The fourth-order valence-electron chi connectivity index (χ4n) is 1.06. The zero-order chi connectivity index (χ0) is 11.5. The molecule has 1 saturated heterocycles. The second-order valence-electron chi connectivity index (χ2n) is 2.58. The van der Waals surface area contributed by atoms with E-state index >= 15 is 0 Å². The highest BCUT2D eigenvalue weighted by molar-refractivity contribution is 9.55. The average Bonchev–Trinajstić information content (AvgIpc) is 2.53. The van der Waals surface area contributed by atoms with E-state index in [0.29, 0.717) is 7.82 Å². The van der Waals surface area contributed by atoms with Gasteiger partial charge in [0.05, 0.1) is 21.3 Å². The molecule has 1 fully saturated rings. The summed E-state index contributed by atoms with van der Waals surface area (Å²) in [6.45, 7) is 2.07. The van der Waals surface area contributed by atoms with E-state index in [1.54, 1.807) is 70.9 Å². The third-order valence-electron chi connectivity index (χ3n) is 2.34. The first-order valence-electron chi connectivity index (χ1n) is 3.96. The molecule has 0 amide bonds. The minimum Gasteiger partial charge on any atom is -0.312 e. The van der Waals surface area contributed by atoms with Crippen molar-refractivity contribution in [2.45, 2.75) is 6.92 Å². The summed E-state index contributed by atoms with van der Waals surface area (Å²) in [5, 5.41) is 0. The van der Waals surface area contributed by atoms with Gasteiger partial charge in [-0.25, -0.2) is 0 Å². The van der Waals surface area contributed by atoms with Gasteiger partial charge in [0, 0.05) is 25.4 Å². The van der Waals surface area contributed by atoms with Crippen LogP contribution in [0.2, 0.25) is 0 Å². The summed E-state index contributed by atoms with van der Waals surface area (Å²) in [4.78, 5) is 0. The summed E-state index contributed by atoms with van der Waals surface area (Å²) in [5.74, 6) is 0.744. The SMILES string of the molecule is CCS1(OC)(OC)(OC)[Si]SSSSS1. The summed E-state index contributed by atoms with van der Waals surface area (Å²) in [6, 6.07) is 0. The van der Waals surface area contributed by atoms with Gasteiger partial charge in [-0.15, -0.1) is 0 Å². The van der Waals surface area contributed by atoms with Crippen molar-refractivity contribution in [2.24, 2.45) is 0 Å². The molecule has 0 unspecified atom stereocenters. The number of hydrogen-bond acceptors (Lipinski definition) is 8. The molecule has 0 aromatic heterocycles. The van der Waals surface area contributed by atoms with E-state index in [0.717, 1.165) is 5.75 Å². The first-order chi connectivity index (χ1) is 7.06. The Hall–Kier alpha value is 2.20. The maximum Gasteiger partial charge on any atom is 0.278 e. The van der Waals surface area contributed by atoms with E-state index < -0.39 is 7.62 Å². The summed E-state index contributed by atoms with van der Waals surface area (Å²) >= 11 is 0. The van der Waals surface area contributed by atoms with Gasteiger partial charge in [0.15, 0.2) is 0 Å². The van der Waals surface area contributed by atoms with Crippen LogP contribution in [-0.4, -0.2) is 34.9 Å². The molecular weight excluding hydrogens is 329 g/mol. The lowest BCUT2D eigenvalue weighted by Crippen LogP contribution is -2.43. The summed E-state index contributed by atoms with van der Waals surface area (Å²) < 4.78 is 17.6. The molecule has 0 spiro atoms. The van der Waals surface area contributed by atoms with Gasteiger partial charge >= 0.3 is 0 Å². The van der Waals surface area contributed by atoms with Crippen LogP contribution in [0.5, 0.6) is 0 Å². The van der Waals surface area contributed by atoms with Gasteiger partial charge in [-0.1, -0.05) is 17.2 Å². The van der Waals surface area contributed by atoms with Crippen LogP contribution in [-0.2, 0) is 12.5 Å². The van der Waals surface area contributed by atoms with Crippen molar-refractivity contribution < 1.29 is 12.5 Å². The minimum absolute atomic E-state index is 0.449. The summed E-state index contributed by atoms with van der Waals surface area (Å²) in [6.07, 6.45) is 0. The van der Waals surface area contributed by atoms with E-state index in [1.165, 1.54) is 0 Å². The highest BCUT2D eigenvalue weighted by atomic mass is 33.9. The predicted molar refractivity (Wildman–Crippen MR) is 82.9 cm³/mol. The van der Waals surface area contributed by atoms with Gasteiger partial charge in [0.25, 0.3) is 7.82 Å². The second-order valence-corrected chi connectivity index (χ2v) is 24.6. The lowest BCUT2D eigenvalue weighted by molar-refractivity contribution is 0.232. The van der Waals surface area contributed by atoms with Crippen molar-refractivity contribution >= 4 is 65.0 Å². The average molecular weight is 343 g/mol. The van der Waals surface area contributed by atoms with Gasteiger partial charge in [-0.2, -0.15) is 0 Å². The largest absolute Gasteiger partial charge is 0.312 e. The second kappa shape index (κ2) is 5.06. The maximum atomic E-state index is 5.86. The van der Waals surface area contributed by atoms with Gasteiger partial charge in [-0.3, -0.25) is 0 Å². The zero-order valence-electron chi connectivity index (χ0n) is 8.88. The molecule has 0 bridgehead atoms. The van der Waals surface area contributed by atoms with Crippen LogP contribution in [0.25, 0.3) is 0 Å². The highest BCUT2D eigenvalue weighted by Gasteiger charge is 2.63. The Labute approximate surface area is 111 Å². The summed E-state index contributed by atoms with van der Waals surface area (Å²) in [7, 11) is 10.8. The van der Waals surface area contributed by atoms with Crippen LogP contribution >= 0.6 is 57.2 Å². The minimum atomic E-state index is -3.32. The van der Waals surface area contributed by atoms with Crippen LogP contribution in [0, 0.1) is 0 Å². The van der Waals surface area contributed by atoms with E-state index in [-0.39, 0.29) is 0 Å². The Balaban J connectivity index is 3.23. The Kier molecular flexibility index (Phi) is 5.14. The van der Waals surface area contributed by atoms with Gasteiger partial charge in [-0.05, 0) is 27.3 Å². The Morgan fingerprint density at radius 2 is 1.60 bits per heavy atom. The van der Waals surface area contributed by atoms with Crippen molar-refractivity contribution in [3.8, 4) is 0 Å². The van der Waals surface area contributed by atoms with Crippen molar-refractivity contribution in [2.75, 3.05) is 27.1 Å². The molecule has 0 aliphatic carbocycles. The van der Waals surface area contributed by atoms with Crippen LogP contribution < -0.4 is 0 Å². The maximum absolute atomic E-state index is 5.86. The van der Waals surface area contributed by atoms with E-state index in [2.05, 4.69) is 6.92 Å². The normalized spacial score (nSPS) is 32.8. The van der Waals surface area contributed by atoms with E-state index in [1.807, 2.05) is 0 Å². The molecule has 0 saturated carbocycles. The molecule has 1 aliphatic heterocycles. The molecule has 10 heteroatoms. The third-order valence-corrected chi connectivity index (χ3v) is 35.5. The molecule has 1 rings (SSSR count). The number of rotatable bonds is 4. The zero-order valence-corrected chi connectivity index (χ0v) is 14.8. The molecule has 2 radical (unpaired) electrons. The van der Waals surface area contributed by atoms with Crippen LogP contribution in [0.15, 0.2) is 0 Å². The summed E-state index contributed by atoms with van der Waals surface area (Å²) in [5.41, 5.74) is 0. The Morgan fingerprint density at radius 3 is 2.07 bits per heavy atom. The molecule has 0 N–H and O–H groups in total. The first kappa shape index (κ1) is 15.3. The van der Waals surface area contributed by atoms with Crippen molar-refractivity contribution in [1.82, 2.24) is 0 Å². The standard InChI is InChI=1S/C5H14O3S6Si/c1-5-14(6-2,7-3,8-4)12-10-9-11-13-15-14/h5H2,1-4H3. The molecule has 92 valence electrons. The third kappa shape index (κ3) is 2.36. The fourth-order valence-corrected chi connectivity index (χ4v) is 41.6. The molecule has 0 atom stereocenters. The van der Waals surface area contributed by atoms with Crippen molar-refractivity contribution in [1.29, 1.82) is 0 Å². The lowest BCUT2D eigenvalue weighted by atomic mass is 11.0. The van der Waals surface area contributed by atoms with Gasteiger partial charge in [0.2, 0.25) is 0 Å². The molecule has 3 nitrogen and oxygen atoms in total. The van der Waals surface area contributed by atoms with E-state index in [4.69, 9.17) is 12.5 Å². The van der Waals surface area contributed by atoms with Crippen LogP contribution in [0.4, 0.5) is 0 Å². The smallest absolute Gasteiger partial charge is 0.278 e. The monoisotopic (exact) mass is 342 g/mol.